The predicted octanol–water partition coefficient (Wildman–Crippen LogP) is 3.92. The first kappa shape index (κ1) is 17.1. The zero-order chi connectivity index (χ0) is 15.6. The summed E-state index contributed by atoms with van der Waals surface area (Å²) in [5.41, 5.74) is 5.80. The van der Waals surface area contributed by atoms with E-state index in [0.717, 1.165) is 19.3 Å². The summed E-state index contributed by atoms with van der Waals surface area (Å²) in [5.74, 6) is 0.429. The van der Waals surface area contributed by atoms with Crippen molar-refractivity contribution in [1.29, 1.82) is 0 Å². The molecule has 1 fully saturated rings. The molecule has 1 aliphatic carbocycles. The van der Waals surface area contributed by atoms with Crippen molar-refractivity contribution in [2.24, 2.45) is 17.6 Å². The van der Waals surface area contributed by atoms with Gasteiger partial charge in [-0.05, 0) is 49.4 Å². The molecule has 1 aliphatic rings. The fourth-order valence-electron chi connectivity index (χ4n) is 3.15. The third-order valence-corrected chi connectivity index (χ3v) is 7.52. The summed E-state index contributed by atoms with van der Waals surface area (Å²) in [6.45, 7) is 2.49. The van der Waals surface area contributed by atoms with Crippen LogP contribution in [0.5, 0.6) is 0 Å². The molecular formula is C15H21Cl2NO2S. The summed E-state index contributed by atoms with van der Waals surface area (Å²) < 4.78 is 26.0. The number of benzene rings is 1. The van der Waals surface area contributed by atoms with Gasteiger partial charge in [-0.15, -0.1) is 0 Å². The van der Waals surface area contributed by atoms with Crippen molar-refractivity contribution in [3.05, 3.63) is 28.2 Å². The van der Waals surface area contributed by atoms with E-state index in [0.29, 0.717) is 23.9 Å². The second kappa shape index (κ2) is 6.86. The highest BCUT2D eigenvalue weighted by Gasteiger charge is 2.39. The smallest absolute Gasteiger partial charge is 0.183 e. The van der Waals surface area contributed by atoms with E-state index in [-0.39, 0.29) is 15.8 Å². The molecule has 1 aromatic carbocycles. The highest BCUT2D eigenvalue weighted by Crippen LogP contribution is 2.39. The molecule has 118 valence electrons. The molecule has 3 nitrogen and oxygen atoms in total. The molecule has 0 heterocycles. The first-order valence-electron chi connectivity index (χ1n) is 7.29. The first-order valence-corrected chi connectivity index (χ1v) is 9.59. The van der Waals surface area contributed by atoms with Crippen LogP contribution in [0.2, 0.25) is 10.0 Å². The molecule has 0 aliphatic heterocycles. The average Bonchev–Trinajstić information content (AvgIpc) is 2.48. The SMILES string of the molecule is CCC1CCC(CN)C(S(=O)(=O)c2cc(Cl)ccc2Cl)C1. The molecule has 0 bridgehead atoms. The van der Waals surface area contributed by atoms with Gasteiger partial charge in [0, 0.05) is 5.02 Å². The third-order valence-electron chi connectivity index (χ3n) is 4.52. The lowest BCUT2D eigenvalue weighted by Crippen LogP contribution is -2.39. The molecule has 6 heteroatoms. The Bertz CT molecular complexity index is 604. The second-order valence-corrected chi connectivity index (χ2v) is 8.72. The van der Waals surface area contributed by atoms with Gasteiger partial charge in [-0.25, -0.2) is 8.42 Å². The van der Waals surface area contributed by atoms with Crippen molar-refractivity contribution in [3.63, 3.8) is 0 Å². The van der Waals surface area contributed by atoms with Gasteiger partial charge in [0.05, 0.1) is 15.2 Å². The maximum absolute atomic E-state index is 13.0. The van der Waals surface area contributed by atoms with Crippen LogP contribution in [-0.2, 0) is 9.84 Å². The molecule has 0 saturated heterocycles. The second-order valence-electron chi connectivity index (χ2n) is 5.74. The van der Waals surface area contributed by atoms with Crippen LogP contribution in [0.1, 0.15) is 32.6 Å². The van der Waals surface area contributed by atoms with Gasteiger partial charge in [0.25, 0.3) is 0 Å². The van der Waals surface area contributed by atoms with E-state index < -0.39 is 15.1 Å². The van der Waals surface area contributed by atoms with Gasteiger partial charge in [0.15, 0.2) is 9.84 Å². The maximum atomic E-state index is 13.0. The van der Waals surface area contributed by atoms with Crippen LogP contribution in [0, 0.1) is 11.8 Å². The highest BCUT2D eigenvalue weighted by molar-refractivity contribution is 7.92. The first-order chi connectivity index (χ1) is 9.90. The number of rotatable bonds is 4. The monoisotopic (exact) mass is 349 g/mol. The fourth-order valence-corrected chi connectivity index (χ4v) is 6.07. The quantitative estimate of drug-likeness (QED) is 0.895. The van der Waals surface area contributed by atoms with Crippen LogP contribution in [0.15, 0.2) is 23.1 Å². The molecule has 0 aromatic heterocycles. The maximum Gasteiger partial charge on any atom is 0.183 e. The van der Waals surface area contributed by atoms with Crippen LogP contribution in [0.3, 0.4) is 0 Å². The summed E-state index contributed by atoms with van der Waals surface area (Å²) in [4.78, 5) is 0.136. The lowest BCUT2D eigenvalue weighted by atomic mass is 9.80. The van der Waals surface area contributed by atoms with E-state index in [2.05, 4.69) is 6.92 Å². The van der Waals surface area contributed by atoms with Crippen LogP contribution < -0.4 is 5.73 Å². The van der Waals surface area contributed by atoms with Crippen LogP contribution in [-0.4, -0.2) is 20.2 Å². The summed E-state index contributed by atoms with van der Waals surface area (Å²) >= 11 is 12.0. The third kappa shape index (κ3) is 3.55. The van der Waals surface area contributed by atoms with Gasteiger partial charge in [0.2, 0.25) is 0 Å². The molecule has 1 aromatic rings. The Hall–Kier alpha value is -0.290. The van der Waals surface area contributed by atoms with E-state index in [1.54, 1.807) is 6.07 Å². The largest absolute Gasteiger partial charge is 0.330 e. The fraction of sp³-hybridized carbons (Fsp3) is 0.600. The molecule has 21 heavy (non-hydrogen) atoms. The van der Waals surface area contributed by atoms with Crippen molar-refractivity contribution < 1.29 is 8.42 Å². The zero-order valence-corrected chi connectivity index (χ0v) is 14.4. The minimum atomic E-state index is -3.52. The van der Waals surface area contributed by atoms with Gasteiger partial charge in [-0.2, -0.15) is 0 Å². The van der Waals surface area contributed by atoms with E-state index in [1.807, 2.05) is 0 Å². The van der Waals surface area contributed by atoms with Crippen molar-refractivity contribution >= 4 is 33.0 Å². The summed E-state index contributed by atoms with van der Waals surface area (Å²) in [7, 11) is -3.52. The summed E-state index contributed by atoms with van der Waals surface area (Å²) in [6, 6.07) is 4.58. The van der Waals surface area contributed by atoms with E-state index >= 15 is 0 Å². The van der Waals surface area contributed by atoms with Gasteiger partial charge >= 0.3 is 0 Å². The van der Waals surface area contributed by atoms with Crippen molar-refractivity contribution in [2.75, 3.05) is 6.54 Å². The van der Waals surface area contributed by atoms with Crippen molar-refractivity contribution in [2.45, 2.75) is 42.8 Å². The highest BCUT2D eigenvalue weighted by atomic mass is 35.5. The summed E-state index contributed by atoms with van der Waals surface area (Å²) in [6.07, 6.45) is 3.56. The summed E-state index contributed by atoms with van der Waals surface area (Å²) in [5, 5.41) is 0.149. The van der Waals surface area contributed by atoms with Gasteiger partial charge in [-0.1, -0.05) is 43.0 Å². The molecule has 3 unspecified atom stereocenters. The number of halogens is 2. The molecule has 0 spiro atoms. The van der Waals surface area contributed by atoms with Gasteiger partial charge < -0.3 is 5.73 Å². The van der Waals surface area contributed by atoms with Gasteiger partial charge in [0.1, 0.15) is 0 Å². The van der Waals surface area contributed by atoms with Crippen LogP contribution >= 0.6 is 23.2 Å². The lowest BCUT2D eigenvalue weighted by molar-refractivity contribution is 0.275. The Morgan fingerprint density at radius 1 is 1.29 bits per heavy atom. The van der Waals surface area contributed by atoms with Crippen LogP contribution in [0.25, 0.3) is 0 Å². The van der Waals surface area contributed by atoms with E-state index in [1.165, 1.54) is 12.1 Å². The molecule has 0 radical (unpaired) electrons. The van der Waals surface area contributed by atoms with Crippen LogP contribution in [0.4, 0.5) is 0 Å². The number of hydrogen-bond acceptors (Lipinski definition) is 3. The lowest BCUT2D eigenvalue weighted by Gasteiger charge is -2.35. The Labute approximate surface area is 136 Å². The van der Waals surface area contributed by atoms with E-state index in [9.17, 15) is 8.42 Å². The Morgan fingerprint density at radius 3 is 2.62 bits per heavy atom. The molecule has 3 atom stereocenters. The topological polar surface area (TPSA) is 60.2 Å². The zero-order valence-electron chi connectivity index (χ0n) is 12.1. The predicted molar refractivity (Wildman–Crippen MR) is 87.6 cm³/mol. The number of sulfone groups is 1. The Kier molecular flexibility index (Phi) is 5.58. The van der Waals surface area contributed by atoms with Gasteiger partial charge in [-0.3, -0.25) is 0 Å². The van der Waals surface area contributed by atoms with Crippen molar-refractivity contribution in [3.8, 4) is 0 Å². The minimum absolute atomic E-state index is 0.00662. The standard InChI is InChI=1S/C15H21Cl2NO2S/c1-2-10-3-4-11(9-18)14(7-10)21(19,20)15-8-12(16)5-6-13(15)17/h5-6,8,10-11,14H,2-4,7,9,18H2,1H3. The minimum Gasteiger partial charge on any atom is -0.330 e. The van der Waals surface area contributed by atoms with Crippen molar-refractivity contribution in [1.82, 2.24) is 0 Å². The molecule has 0 amide bonds. The van der Waals surface area contributed by atoms with E-state index in [4.69, 9.17) is 28.9 Å². The molecule has 2 rings (SSSR count). The Balaban J connectivity index is 2.42. The number of hydrogen-bond donors (Lipinski definition) is 1. The molecular weight excluding hydrogens is 329 g/mol. The molecule has 2 N–H and O–H groups in total. The average molecular weight is 350 g/mol. The molecule has 1 saturated carbocycles. The Morgan fingerprint density at radius 2 is 2.00 bits per heavy atom. The number of nitrogens with two attached hydrogens (primary N) is 1. The normalized spacial score (nSPS) is 26.8.